The summed E-state index contributed by atoms with van der Waals surface area (Å²) < 4.78 is 62.7. The Kier molecular flexibility index (Phi) is 9.22. The summed E-state index contributed by atoms with van der Waals surface area (Å²) in [4.78, 5) is 14.0. The minimum atomic E-state index is -4.53. The molecular formula is C30H34F3NO5. The minimum Gasteiger partial charge on any atom is -0.490 e. The van der Waals surface area contributed by atoms with E-state index in [1.54, 1.807) is 39.0 Å². The number of esters is 1. The molecule has 6 nitrogen and oxygen atoms in total. The fraction of sp³-hybridized carbons (Fsp3) is 0.433. The molecule has 0 atom stereocenters. The van der Waals surface area contributed by atoms with E-state index in [0.29, 0.717) is 36.7 Å². The zero-order chi connectivity index (χ0) is 28.0. The number of carbonyl (C=O) groups excluding carboxylic acids is 1. The molecule has 0 radical (unpaired) electrons. The average Bonchev–Trinajstić information content (AvgIpc) is 2.88. The molecule has 39 heavy (non-hydrogen) atoms. The van der Waals surface area contributed by atoms with Gasteiger partial charge in [-0.2, -0.15) is 13.2 Å². The number of rotatable bonds is 10. The van der Waals surface area contributed by atoms with Gasteiger partial charge in [0.15, 0.2) is 0 Å². The van der Waals surface area contributed by atoms with E-state index in [9.17, 15) is 18.0 Å². The molecule has 2 aromatic rings. The van der Waals surface area contributed by atoms with Gasteiger partial charge in [0.1, 0.15) is 30.5 Å². The molecule has 0 saturated heterocycles. The van der Waals surface area contributed by atoms with Crippen molar-refractivity contribution in [2.24, 2.45) is 0 Å². The van der Waals surface area contributed by atoms with Crippen molar-refractivity contribution in [3.8, 4) is 17.2 Å². The van der Waals surface area contributed by atoms with E-state index in [1.807, 2.05) is 6.07 Å². The van der Waals surface area contributed by atoms with E-state index in [1.165, 1.54) is 6.07 Å². The van der Waals surface area contributed by atoms with Crippen molar-refractivity contribution in [3.63, 3.8) is 0 Å². The van der Waals surface area contributed by atoms with Gasteiger partial charge in [0, 0.05) is 31.3 Å². The molecule has 0 fully saturated rings. The SMILES string of the molecule is CCOC(=O)CC1=CCN(CC2=Cc3ccc(OCc4ccc(OC(C)C)c(C(F)(F)F)c4)cc3OC2)CC1. The van der Waals surface area contributed by atoms with Gasteiger partial charge in [-0.25, -0.2) is 0 Å². The number of alkyl halides is 3. The summed E-state index contributed by atoms with van der Waals surface area (Å²) in [5.74, 6) is 0.810. The first-order valence-electron chi connectivity index (χ1n) is 13.1. The summed E-state index contributed by atoms with van der Waals surface area (Å²) in [7, 11) is 0. The van der Waals surface area contributed by atoms with Crippen molar-refractivity contribution in [2.45, 2.75) is 52.5 Å². The normalized spacial score (nSPS) is 15.7. The molecule has 0 aromatic heterocycles. The molecule has 2 heterocycles. The molecule has 9 heteroatoms. The molecule has 0 amide bonds. The number of fused-ring (bicyclic) bond motifs is 1. The molecular weight excluding hydrogens is 511 g/mol. The monoisotopic (exact) mass is 545 g/mol. The van der Waals surface area contributed by atoms with Crippen LogP contribution in [0.25, 0.3) is 6.08 Å². The Labute approximate surface area is 227 Å². The Morgan fingerprint density at radius 3 is 2.64 bits per heavy atom. The minimum absolute atomic E-state index is 0.0223. The summed E-state index contributed by atoms with van der Waals surface area (Å²) >= 11 is 0. The third kappa shape index (κ3) is 8.02. The number of hydrogen-bond acceptors (Lipinski definition) is 6. The van der Waals surface area contributed by atoms with Gasteiger partial charge in [-0.05, 0) is 68.7 Å². The van der Waals surface area contributed by atoms with E-state index in [0.717, 1.165) is 48.8 Å². The summed E-state index contributed by atoms with van der Waals surface area (Å²) in [6.45, 7) is 8.39. The van der Waals surface area contributed by atoms with Gasteiger partial charge in [0.25, 0.3) is 0 Å². The Morgan fingerprint density at radius 1 is 1.13 bits per heavy atom. The Balaban J connectivity index is 1.34. The van der Waals surface area contributed by atoms with Crippen LogP contribution in [-0.4, -0.2) is 49.8 Å². The van der Waals surface area contributed by atoms with Crippen LogP contribution in [0.2, 0.25) is 0 Å². The van der Waals surface area contributed by atoms with Crippen LogP contribution in [0.3, 0.4) is 0 Å². The molecule has 2 aromatic carbocycles. The zero-order valence-electron chi connectivity index (χ0n) is 22.5. The van der Waals surface area contributed by atoms with Crippen molar-refractivity contribution in [2.75, 3.05) is 32.8 Å². The van der Waals surface area contributed by atoms with Gasteiger partial charge >= 0.3 is 12.1 Å². The Hall–Kier alpha value is -3.46. The van der Waals surface area contributed by atoms with Crippen LogP contribution >= 0.6 is 0 Å². The highest BCUT2D eigenvalue weighted by atomic mass is 19.4. The van der Waals surface area contributed by atoms with E-state index in [4.69, 9.17) is 18.9 Å². The Morgan fingerprint density at radius 2 is 1.95 bits per heavy atom. The predicted octanol–water partition coefficient (Wildman–Crippen LogP) is 6.43. The standard InChI is InChI=1S/C30H34F3NO5/c1-4-36-29(35)15-21-9-11-34(12-10-21)17-23-13-24-6-7-25(16-28(24)38-19-23)37-18-22-5-8-27(39-20(2)3)26(14-22)30(31,32)33/h5-9,13-14,16,20H,4,10-12,15,17-19H2,1-3H3. The van der Waals surface area contributed by atoms with Gasteiger partial charge in [-0.1, -0.05) is 17.7 Å². The van der Waals surface area contributed by atoms with Crippen LogP contribution in [0.4, 0.5) is 13.2 Å². The number of hydrogen-bond donors (Lipinski definition) is 0. The molecule has 0 saturated carbocycles. The highest BCUT2D eigenvalue weighted by molar-refractivity contribution is 5.72. The first-order chi connectivity index (χ1) is 18.6. The van der Waals surface area contributed by atoms with Gasteiger partial charge in [-0.3, -0.25) is 9.69 Å². The number of nitrogens with zero attached hydrogens (tertiary/aromatic N) is 1. The topological polar surface area (TPSA) is 57.2 Å². The van der Waals surface area contributed by atoms with Gasteiger partial charge in [-0.15, -0.1) is 0 Å². The quantitative estimate of drug-likeness (QED) is 0.253. The van der Waals surface area contributed by atoms with Crippen molar-refractivity contribution in [1.29, 1.82) is 0 Å². The number of ether oxygens (including phenoxy) is 4. The van der Waals surface area contributed by atoms with Crippen LogP contribution in [0.1, 0.15) is 50.3 Å². The van der Waals surface area contributed by atoms with Gasteiger partial charge in [0.2, 0.25) is 0 Å². The van der Waals surface area contributed by atoms with E-state index in [-0.39, 0.29) is 24.4 Å². The number of halogens is 3. The highest BCUT2D eigenvalue weighted by Crippen LogP contribution is 2.38. The summed E-state index contributed by atoms with van der Waals surface area (Å²) in [5, 5.41) is 0. The van der Waals surface area contributed by atoms with Crippen molar-refractivity contribution >= 4 is 12.0 Å². The average molecular weight is 546 g/mol. The third-order valence-electron chi connectivity index (χ3n) is 6.37. The fourth-order valence-electron chi connectivity index (χ4n) is 4.53. The van der Waals surface area contributed by atoms with Crippen LogP contribution in [0, 0.1) is 0 Å². The van der Waals surface area contributed by atoms with E-state index >= 15 is 0 Å². The van der Waals surface area contributed by atoms with Gasteiger partial charge in [0.05, 0.1) is 24.7 Å². The van der Waals surface area contributed by atoms with Crippen LogP contribution < -0.4 is 14.2 Å². The summed E-state index contributed by atoms with van der Waals surface area (Å²) in [6.07, 6.45) is 0.494. The van der Waals surface area contributed by atoms with Crippen molar-refractivity contribution in [1.82, 2.24) is 4.90 Å². The smallest absolute Gasteiger partial charge is 0.419 e. The van der Waals surface area contributed by atoms with Crippen LogP contribution in [-0.2, 0) is 22.3 Å². The predicted molar refractivity (Wildman–Crippen MR) is 142 cm³/mol. The first kappa shape index (κ1) is 28.5. The van der Waals surface area contributed by atoms with E-state index in [2.05, 4.69) is 17.1 Å². The second-order valence-electron chi connectivity index (χ2n) is 9.90. The largest absolute Gasteiger partial charge is 0.490 e. The lowest BCUT2D eigenvalue weighted by molar-refractivity contribution is -0.142. The lowest BCUT2D eigenvalue weighted by atomic mass is 10.0. The molecule has 0 bridgehead atoms. The molecule has 2 aliphatic rings. The second kappa shape index (κ2) is 12.6. The summed E-state index contributed by atoms with van der Waals surface area (Å²) in [6, 6.07) is 9.41. The summed E-state index contributed by atoms with van der Waals surface area (Å²) in [5.41, 5.74) is 2.75. The molecule has 4 rings (SSSR count). The zero-order valence-corrected chi connectivity index (χ0v) is 22.5. The molecule has 0 N–H and O–H groups in total. The first-order valence-corrected chi connectivity index (χ1v) is 13.1. The lowest BCUT2D eigenvalue weighted by Gasteiger charge is -2.28. The second-order valence-corrected chi connectivity index (χ2v) is 9.90. The maximum Gasteiger partial charge on any atom is 0.419 e. The van der Waals surface area contributed by atoms with Crippen LogP contribution in [0.5, 0.6) is 17.2 Å². The molecule has 210 valence electrons. The molecule has 0 unspecified atom stereocenters. The lowest BCUT2D eigenvalue weighted by Crippen LogP contribution is -2.32. The van der Waals surface area contributed by atoms with E-state index < -0.39 is 11.7 Å². The maximum atomic E-state index is 13.5. The molecule has 0 aliphatic carbocycles. The molecule has 2 aliphatic heterocycles. The van der Waals surface area contributed by atoms with Gasteiger partial charge < -0.3 is 18.9 Å². The molecule has 0 spiro atoms. The van der Waals surface area contributed by atoms with Crippen molar-refractivity contribution < 1.29 is 36.9 Å². The van der Waals surface area contributed by atoms with Crippen molar-refractivity contribution in [3.05, 3.63) is 70.3 Å². The highest BCUT2D eigenvalue weighted by Gasteiger charge is 2.35. The van der Waals surface area contributed by atoms with Crippen LogP contribution in [0.15, 0.2) is 53.6 Å². The third-order valence-corrected chi connectivity index (χ3v) is 6.37. The maximum absolute atomic E-state index is 13.5. The Bertz CT molecular complexity index is 1240. The number of benzene rings is 2. The number of carbonyl (C=O) groups is 1. The fourth-order valence-corrected chi connectivity index (χ4v) is 4.53.